The Kier molecular flexibility index (Phi) is 7.03. The number of hydrogen-bond donors (Lipinski definition) is 3. The molecule has 0 aliphatic heterocycles. The number of phenols is 1. The SMILES string of the molecule is CCc1ccc(C(=O)Nc2ccc(-c3cc(C4CCC4)n(C(=O)NCc4ccccc4)n3)c(O)c2)cc1. The van der Waals surface area contributed by atoms with Crippen LogP contribution in [0.25, 0.3) is 11.3 Å². The van der Waals surface area contributed by atoms with Crippen LogP contribution < -0.4 is 10.6 Å². The number of aromatic nitrogens is 2. The zero-order valence-corrected chi connectivity index (χ0v) is 20.8. The van der Waals surface area contributed by atoms with Gasteiger partial charge in [0.2, 0.25) is 0 Å². The Morgan fingerprint density at radius 1 is 0.973 bits per heavy atom. The van der Waals surface area contributed by atoms with Crippen molar-refractivity contribution in [3.8, 4) is 17.0 Å². The lowest BCUT2D eigenvalue weighted by molar-refractivity contribution is 0.102. The van der Waals surface area contributed by atoms with Crippen molar-refractivity contribution >= 4 is 17.6 Å². The lowest BCUT2D eigenvalue weighted by atomic mass is 9.82. The van der Waals surface area contributed by atoms with Crippen molar-refractivity contribution in [1.29, 1.82) is 0 Å². The van der Waals surface area contributed by atoms with Gasteiger partial charge in [0.15, 0.2) is 0 Å². The Bertz CT molecular complexity index is 1410. The summed E-state index contributed by atoms with van der Waals surface area (Å²) in [7, 11) is 0. The second kappa shape index (κ2) is 10.7. The number of aromatic hydroxyl groups is 1. The van der Waals surface area contributed by atoms with Crippen LogP contribution >= 0.6 is 0 Å². The highest BCUT2D eigenvalue weighted by molar-refractivity contribution is 6.04. The Morgan fingerprint density at radius 2 is 1.73 bits per heavy atom. The lowest BCUT2D eigenvalue weighted by Gasteiger charge is -2.25. The highest BCUT2D eigenvalue weighted by Crippen LogP contribution is 2.39. The molecule has 1 heterocycles. The number of carbonyl (C=O) groups excluding carboxylic acids is 2. The van der Waals surface area contributed by atoms with Crippen LogP contribution in [0.5, 0.6) is 5.75 Å². The monoisotopic (exact) mass is 494 g/mol. The van der Waals surface area contributed by atoms with Crippen molar-refractivity contribution in [3.05, 3.63) is 101 Å². The summed E-state index contributed by atoms with van der Waals surface area (Å²) in [5, 5.41) is 21.1. The van der Waals surface area contributed by atoms with Gasteiger partial charge in [0.25, 0.3) is 5.91 Å². The van der Waals surface area contributed by atoms with Gasteiger partial charge in [-0.1, -0.05) is 55.8 Å². The number of benzene rings is 3. The maximum atomic E-state index is 13.0. The fourth-order valence-electron chi connectivity index (χ4n) is 4.45. The van der Waals surface area contributed by atoms with Crippen LogP contribution in [0.2, 0.25) is 0 Å². The number of nitrogens with zero attached hydrogens (tertiary/aromatic N) is 2. The van der Waals surface area contributed by atoms with Gasteiger partial charge in [-0.25, -0.2) is 4.79 Å². The largest absolute Gasteiger partial charge is 0.507 e. The lowest BCUT2D eigenvalue weighted by Crippen LogP contribution is -2.31. The van der Waals surface area contributed by atoms with Crippen LogP contribution in [0.1, 0.15) is 59.3 Å². The summed E-state index contributed by atoms with van der Waals surface area (Å²) in [4.78, 5) is 25.7. The standard InChI is InChI=1S/C30H30N4O3/c1-2-20-11-13-23(14-12-20)29(36)32-24-15-16-25(28(35)17-24)26-18-27(22-9-6-10-22)34(33-26)30(37)31-19-21-7-4-3-5-8-21/h3-5,7-8,11-18,22,35H,2,6,9-10,19H2,1H3,(H,31,37)(H,32,36). The third-order valence-electron chi connectivity index (χ3n) is 6.90. The summed E-state index contributed by atoms with van der Waals surface area (Å²) < 4.78 is 1.43. The number of nitrogens with one attached hydrogen (secondary N) is 2. The van der Waals surface area contributed by atoms with E-state index in [1.165, 1.54) is 10.7 Å². The van der Waals surface area contributed by atoms with Gasteiger partial charge >= 0.3 is 6.03 Å². The van der Waals surface area contributed by atoms with Crippen LogP contribution in [0, 0.1) is 0 Å². The van der Waals surface area contributed by atoms with Crippen molar-refractivity contribution in [1.82, 2.24) is 15.1 Å². The number of anilines is 1. The number of carbonyl (C=O) groups is 2. The van der Waals surface area contributed by atoms with Gasteiger partial charge in [0, 0.05) is 35.3 Å². The van der Waals surface area contributed by atoms with Crippen LogP contribution in [0.3, 0.4) is 0 Å². The molecule has 1 aromatic heterocycles. The van der Waals surface area contributed by atoms with E-state index in [4.69, 9.17) is 0 Å². The molecule has 0 radical (unpaired) electrons. The minimum atomic E-state index is -0.297. The van der Waals surface area contributed by atoms with E-state index >= 15 is 0 Å². The van der Waals surface area contributed by atoms with Crippen molar-refractivity contribution in [2.75, 3.05) is 5.32 Å². The van der Waals surface area contributed by atoms with Gasteiger partial charge in [-0.15, -0.1) is 0 Å². The number of hydrogen-bond acceptors (Lipinski definition) is 4. The third kappa shape index (κ3) is 5.40. The van der Waals surface area contributed by atoms with E-state index < -0.39 is 0 Å². The fourth-order valence-corrected chi connectivity index (χ4v) is 4.45. The summed E-state index contributed by atoms with van der Waals surface area (Å²) >= 11 is 0. The summed E-state index contributed by atoms with van der Waals surface area (Å²) in [5.41, 5.74) is 5.05. The average molecular weight is 495 g/mol. The van der Waals surface area contributed by atoms with E-state index in [0.29, 0.717) is 29.1 Å². The molecule has 2 amide bonds. The first-order valence-electron chi connectivity index (χ1n) is 12.7. The minimum Gasteiger partial charge on any atom is -0.507 e. The van der Waals surface area contributed by atoms with E-state index in [2.05, 4.69) is 22.7 Å². The van der Waals surface area contributed by atoms with Crippen molar-refractivity contribution in [2.24, 2.45) is 0 Å². The van der Waals surface area contributed by atoms with Gasteiger partial charge in [-0.2, -0.15) is 9.78 Å². The zero-order valence-electron chi connectivity index (χ0n) is 20.8. The molecule has 0 spiro atoms. The van der Waals surface area contributed by atoms with Gasteiger partial charge in [-0.05, 0) is 60.7 Å². The van der Waals surface area contributed by atoms with E-state index in [0.717, 1.165) is 42.5 Å². The van der Waals surface area contributed by atoms with Crippen LogP contribution in [-0.2, 0) is 13.0 Å². The van der Waals surface area contributed by atoms with E-state index in [1.807, 2.05) is 48.5 Å². The second-order valence-corrected chi connectivity index (χ2v) is 9.37. The molecule has 0 bridgehead atoms. The molecule has 3 aromatic carbocycles. The van der Waals surface area contributed by atoms with Crippen molar-refractivity contribution in [3.63, 3.8) is 0 Å². The molecule has 1 aliphatic carbocycles. The average Bonchev–Trinajstić information content (AvgIpc) is 3.31. The summed E-state index contributed by atoms with van der Waals surface area (Å²) in [5.74, 6) is -0.00130. The quantitative estimate of drug-likeness (QED) is 0.289. The molecule has 7 nitrogen and oxygen atoms in total. The summed E-state index contributed by atoms with van der Waals surface area (Å²) in [6.07, 6.45) is 4.04. The predicted octanol–water partition coefficient (Wildman–Crippen LogP) is 6.10. The molecular weight excluding hydrogens is 464 g/mol. The maximum Gasteiger partial charge on any atom is 0.342 e. The molecule has 5 rings (SSSR count). The molecule has 0 saturated heterocycles. The number of rotatable bonds is 7. The van der Waals surface area contributed by atoms with E-state index in [-0.39, 0.29) is 23.6 Å². The highest BCUT2D eigenvalue weighted by atomic mass is 16.3. The number of phenolic OH excluding ortho intramolecular Hbond substituents is 1. The molecule has 0 unspecified atom stereocenters. The van der Waals surface area contributed by atoms with Crippen LogP contribution in [0.15, 0.2) is 78.9 Å². The van der Waals surface area contributed by atoms with Gasteiger partial charge in [0.1, 0.15) is 5.75 Å². The van der Waals surface area contributed by atoms with E-state index in [9.17, 15) is 14.7 Å². The summed E-state index contributed by atoms with van der Waals surface area (Å²) in [6, 6.07) is 23.7. The molecule has 7 heteroatoms. The molecule has 4 aromatic rings. The summed E-state index contributed by atoms with van der Waals surface area (Å²) in [6.45, 7) is 2.47. The van der Waals surface area contributed by atoms with Gasteiger partial charge < -0.3 is 15.7 Å². The molecular formula is C30H30N4O3. The molecule has 188 valence electrons. The van der Waals surface area contributed by atoms with Gasteiger partial charge in [0.05, 0.1) is 11.4 Å². The Hall–Kier alpha value is -4.39. The molecule has 37 heavy (non-hydrogen) atoms. The normalized spacial score (nSPS) is 13.1. The molecule has 0 atom stereocenters. The second-order valence-electron chi connectivity index (χ2n) is 9.37. The first kappa shape index (κ1) is 24.3. The maximum absolute atomic E-state index is 13.0. The Morgan fingerprint density at radius 3 is 2.38 bits per heavy atom. The molecule has 1 aliphatic rings. The molecule has 1 saturated carbocycles. The first-order valence-corrected chi connectivity index (χ1v) is 12.7. The zero-order chi connectivity index (χ0) is 25.8. The predicted molar refractivity (Wildman–Crippen MR) is 144 cm³/mol. The highest BCUT2D eigenvalue weighted by Gasteiger charge is 2.27. The van der Waals surface area contributed by atoms with Gasteiger partial charge in [-0.3, -0.25) is 4.79 Å². The smallest absolute Gasteiger partial charge is 0.342 e. The van der Waals surface area contributed by atoms with Crippen molar-refractivity contribution < 1.29 is 14.7 Å². The first-order chi connectivity index (χ1) is 18.0. The van der Waals surface area contributed by atoms with E-state index in [1.54, 1.807) is 24.3 Å². The van der Waals surface area contributed by atoms with Crippen LogP contribution in [-0.4, -0.2) is 26.8 Å². The van der Waals surface area contributed by atoms with Crippen LogP contribution in [0.4, 0.5) is 10.5 Å². The van der Waals surface area contributed by atoms with Crippen molar-refractivity contribution in [2.45, 2.75) is 45.1 Å². The minimum absolute atomic E-state index is 0.0198. The topological polar surface area (TPSA) is 96.3 Å². The Labute approximate surface area is 216 Å². The Balaban J connectivity index is 1.34. The third-order valence-corrected chi connectivity index (χ3v) is 6.90. The fraction of sp³-hybridized carbons (Fsp3) is 0.233. The number of amides is 2. The number of aryl methyl sites for hydroxylation is 1. The molecule has 1 fully saturated rings. The molecule has 3 N–H and O–H groups in total.